The summed E-state index contributed by atoms with van der Waals surface area (Å²) in [6.45, 7) is -1.99. The summed E-state index contributed by atoms with van der Waals surface area (Å²) in [6.07, 6.45) is -8.29. The number of aromatic nitrogens is 2. The molecule has 0 spiro atoms. The standard InChI is InChI=1S/C18H15F5N2O4S.C17H12F5N3O3S/c1-30(28,29)25(14-4-2-3-13(19)8-14)10-12-6-5-11(7-15(12)20)16(26)9-24-17(27)18(21,22)23;1-29(26,27)25(13-4-2-3-12(18)8-13)9-11-6-5-10(7-14(11)19)15-23-24-16(28-15)17(20,21)22/h2-8H,9-10H2,1H3,(H,24,27);2-8H,9H2,1H3. The first-order chi connectivity index (χ1) is 27.2. The Balaban J connectivity index is 0.000000261. The molecule has 0 aliphatic heterocycles. The number of carbonyl (C=O) groups is 2. The summed E-state index contributed by atoms with van der Waals surface area (Å²) in [4.78, 5) is 22.6. The van der Waals surface area contributed by atoms with Crippen LogP contribution in [-0.4, -0.2) is 64.0 Å². The second-order valence-electron chi connectivity index (χ2n) is 12.1. The molecular weight excluding hydrogens is 857 g/mol. The number of anilines is 2. The van der Waals surface area contributed by atoms with Crippen molar-refractivity contribution in [1.29, 1.82) is 0 Å². The third kappa shape index (κ3) is 12.5. The Labute approximate surface area is 328 Å². The van der Waals surface area contributed by atoms with Crippen molar-refractivity contribution in [2.24, 2.45) is 0 Å². The SMILES string of the molecule is CS(=O)(=O)N(Cc1ccc(-c2nnc(C(F)(F)F)o2)cc1F)c1cccc(F)c1.CS(=O)(=O)N(Cc1ccc(C(=O)CNC(=O)C(F)(F)F)cc1F)c1cccc(F)c1. The molecule has 0 radical (unpaired) electrons. The minimum atomic E-state index is -5.17. The van der Waals surface area contributed by atoms with E-state index >= 15 is 0 Å². The summed E-state index contributed by atoms with van der Waals surface area (Å²) in [5.74, 6) is -8.73. The van der Waals surface area contributed by atoms with Gasteiger partial charge >= 0.3 is 24.2 Å². The van der Waals surface area contributed by atoms with Crippen molar-refractivity contribution in [2.45, 2.75) is 25.4 Å². The van der Waals surface area contributed by atoms with Crippen LogP contribution in [0, 0.1) is 23.3 Å². The summed E-state index contributed by atoms with van der Waals surface area (Å²) in [5.41, 5.74) is -0.768. The number of hydrogen-bond acceptors (Lipinski definition) is 9. The molecule has 24 heteroatoms. The average Bonchev–Trinajstić information content (AvgIpc) is 3.63. The number of nitrogens with one attached hydrogen (secondary N) is 1. The van der Waals surface area contributed by atoms with Crippen LogP contribution in [0.25, 0.3) is 11.5 Å². The van der Waals surface area contributed by atoms with Crippen LogP contribution in [0.2, 0.25) is 0 Å². The van der Waals surface area contributed by atoms with Gasteiger partial charge in [0.2, 0.25) is 25.9 Å². The molecule has 5 aromatic rings. The van der Waals surface area contributed by atoms with Gasteiger partial charge in [-0.05, 0) is 54.6 Å². The predicted molar refractivity (Wildman–Crippen MR) is 189 cm³/mol. The van der Waals surface area contributed by atoms with Gasteiger partial charge in [-0.25, -0.2) is 34.4 Å². The maximum absolute atomic E-state index is 14.5. The molecule has 0 unspecified atom stereocenters. The van der Waals surface area contributed by atoms with Crippen molar-refractivity contribution in [1.82, 2.24) is 15.5 Å². The van der Waals surface area contributed by atoms with Crippen LogP contribution in [0.1, 0.15) is 27.4 Å². The zero-order valence-electron chi connectivity index (χ0n) is 29.9. The fourth-order valence-electron chi connectivity index (χ4n) is 4.85. The molecule has 0 aliphatic rings. The predicted octanol–water partition coefficient (Wildman–Crippen LogP) is 6.79. The number of hydrogen-bond donors (Lipinski definition) is 1. The summed E-state index contributed by atoms with van der Waals surface area (Å²) in [5, 5.41) is 7.46. The number of ketones is 1. The number of amides is 1. The van der Waals surface area contributed by atoms with Crippen molar-refractivity contribution >= 4 is 43.1 Å². The van der Waals surface area contributed by atoms with Gasteiger partial charge in [0, 0.05) is 22.3 Å². The number of sulfonamides is 2. The molecule has 0 bridgehead atoms. The van der Waals surface area contributed by atoms with Gasteiger partial charge in [-0.1, -0.05) is 30.3 Å². The smallest absolute Gasteiger partial charge is 0.413 e. The highest BCUT2D eigenvalue weighted by molar-refractivity contribution is 7.92. The van der Waals surface area contributed by atoms with E-state index in [4.69, 9.17) is 0 Å². The van der Waals surface area contributed by atoms with E-state index in [2.05, 4.69) is 14.6 Å². The van der Waals surface area contributed by atoms with Gasteiger partial charge in [0.05, 0.1) is 43.5 Å². The van der Waals surface area contributed by atoms with Gasteiger partial charge in [-0.3, -0.25) is 18.2 Å². The zero-order valence-corrected chi connectivity index (χ0v) is 31.6. The topological polar surface area (TPSA) is 160 Å². The largest absolute Gasteiger partial charge is 0.471 e. The Morgan fingerprint density at radius 3 is 1.58 bits per heavy atom. The monoisotopic (exact) mass is 883 g/mol. The van der Waals surface area contributed by atoms with Crippen LogP contribution < -0.4 is 13.9 Å². The molecule has 316 valence electrons. The lowest BCUT2D eigenvalue weighted by Crippen LogP contribution is -2.39. The van der Waals surface area contributed by atoms with Gasteiger partial charge in [0.25, 0.3) is 0 Å². The van der Waals surface area contributed by atoms with Crippen molar-refractivity contribution in [2.75, 3.05) is 27.7 Å². The van der Waals surface area contributed by atoms with E-state index in [1.807, 2.05) is 0 Å². The molecule has 1 N–H and O–H groups in total. The Hall–Kier alpha value is -6.04. The first kappa shape index (κ1) is 45.7. The highest BCUT2D eigenvalue weighted by Gasteiger charge is 2.39. The lowest BCUT2D eigenvalue weighted by Gasteiger charge is -2.23. The molecule has 1 aromatic heterocycles. The van der Waals surface area contributed by atoms with Crippen LogP contribution in [-0.2, 0) is 44.1 Å². The van der Waals surface area contributed by atoms with Crippen molar-refractivity contribution in [3.63, 3.8) is 0 Å². The fourth-order valence-corrected chi connectivity index (χ4v) is 6.59. The molecule has 0 aliphatic carbocycles. The highest BCUT2D eigenvalue weighted by Crippen LogP contribution is 2.31. The Kier molecular flexibility index (Phi) is 13.8. The summed E-state index contributed by atoms with van der Waals surface area (Å²) in [7, 11) is -7.82. The molecule has 0 atom stereocenters. The molecule has 0 fully saturated rings. The third-order valence-corrected chi connectivity index (χ3v) is 9.91. The van der Waals surface area contributed by atoms with E-state index in [9.17, 15) is 70.3 Å². The van der Waals surface area contributed by atoms with E-state index in [0.717, 1.165) is 63.6 Å². The minimum absolute atomic E-state index is 0.0114. The molecule has 1 heterocycles. The summed E-state index contributed by atoms with van der Waals surface area (Å²) < 4.78 is 184. The minimum Gasteiger partial charge on any atom is -0.413 e. The third-order valence-electron chi connectivity index (χ3n) is 7.63. The lowest BCUT2D eigenvalue weighted by atomic mass is 10.1. The number of carbonyl (C=O) groups excluding carboxylic acids is 2. The van der Waals surface area contributed by atoms with Crippen LogP contribution in [0.15, 0.2) is 89.3 Å². The van der Waals surface area contributed by atoms with E-state index < -0.39 is 98.8 Å². The number of halogens is 10. The Morgan fingerprint density at radius 2 is 1.17 bits per heavy atom. The van der Waals surface area contributed by atoms with Crippen LogP contribution >= 0.6 is 0 Å². The van der Waals surface area contributed by atoms with E-state index in [1.54, 1.807) is 0 Å². The fraction of sp³-hybridized carbons (Fsp3) is 0.200. The maximum Gasteiger partial charge on any atom is 0.471 e. The van der Waals surface area contributed by atoms with E-state index in [-0.39, 0.29) is 33.6 Å². The van der Waals surface area contributed by atoms with Gasteiger partial charge in [0.1, 0.15) is 23.3 Å². The quantitative estimate of drug-likeness (QED) is 0.105. The van der Waals surface area contributed by atoms with Gasteiger partial charge in [0.15, 0.2) is 5.78 Å². The Bertz CT molecular complexity index is 2570. The first-order valence-corrected chi connectivity index (χ1v) is 19.8. The number of rotatable bonds is 12. The second kappa shape index (κ2) is 17.8. The van der Waals surface area contributed by atoms with Crippen LogP contribution in [0.5, 0.6) is 0 Å². The molecule has 59 heavy (non-hydrogen) atoms. The van der Waals surface area contributed by atoms with E-state index in [1.165, 1.54) is 41.7 Å². The van der Waals surface area contributed by atoms with Crippen molar-refractivity contribution < 1.29 is 74.7 Å². The van der Waals surface area contributed by atoms with Gasteiger partial charge in [-0.15, -0.1) is 10.2 Å². The first-order valence-electron chi connectivity index (χ1n) is 16.1. The van der Waals surface area contributed by atoms with Crippen LogP contribution in [0.4, 0.5) is 55.3 Å². The zero-order chi connectivity index (χ0) is 44.1. The van der Waals surface area contributed by atoms with Crippen molar-refractivity contribution in [3.05, 3.63) is 131 Å². The molecular formula is C35H27F10N5O7S2. The van der Waals surface area contributed by atoms with Crippen LogP contribution in [0.3, 0.4) is 0 Å². The molecule has 12 nitrogen and oxygen atoms in total. The molecule has 0 saturated carbocycles. The number of benzene rings is 4. The molecule has 5 rings (SSSR count). The normalized spacial score (nSPS) is 12.0. The highest BCUT2D eigenvalue weighted by atomic mass is 32.2. The molecule has 1 amide bonds. The number of alkyl halides is 6. The second-order valence-corrected chi connectivity index (χ2v) is 15.9. The van der Waals surface area contributed by atoms with Crippen molar-refractivity contribution in [3.8, 4) is 11.5 Å². The Morgan fingerprint density at radius 1 is 0.678 bits per heavy atom. The lowest BCUT2D eigenvalue weighted by molar-refractivity contribution is -0.173. The molecule has 0 saturated heterocycles. The number of nitrogens with zero attached hydrogens (tertiary/aromatic N) is 4. The maximum atomic E-state index is 14.5. The summed E-state index contributed by atoms with van der Waals surface area (Å²) in [6, 6.07) is 15.4. The number of Topliss-reactive ketones (excluding diaryl/α,β-unsaturated/α-hetero) is 1. The van der Waals surface area contributed by atoms with E-state index in [0.29, 0.717) is 6.07 Å². The average molecular weight is 884 g/mol. The summed E-state index contributed by atoms with van der Waals surface area (Å²) >= 11 is 0. The van der Waals surface area contributed by atoms with Gasteiger partial charge < -0.3 is 9.73 Å². The van der Waals surface area contributed by atoms with Gasteiger partial charge in [-0.2, -0.15) is 26.3 Å². The molecule has 4 aromatic carbocycles.